The fourth-order valence-corrected chi connectivity index (χ4v) is 2.94. The fourth-order valence-electron chi connectivity index (χ4n) is 2.94. The molecule has 8 heteroatoms. The van der Waals surface area contributed by atoms with Crippen LogP contribution < -0.4 is 5.32 Å². The fraction of sp³-hybridized carbons (Fsp3) is 0.476. The molecule has 7 nitrogen and oxygen atoms in total. The van der Waals surface area contributed by atoms with Crippen LogP contribution >= 0.6 is 24.0 Å². The first-order valence-electron chi connectivity index (χ1n) is 9.72. The van der Waals surface area contributed by atoms with E-state index in [-0.39, 0.29) is 29.9 Å². The van der Waals surface area contributed by atoms with E-state index in [1.54, 1.807) is 7.05 Å². The molecule has 1 aromatic carbocycles. The van der Waals surface area contributed by atoms with Crippen LogP contribution in [0.15, 0.2) is 41.5 Å². The number of H-pyrrole nitrogens is 1. The predicted octanol–water partition coefficient (Wildman–Crippen LogP) is 3.83. The molecule has 0 unspecified atom stereocenters. The number of ether oxygens (including phenoxy) is 1. The summed E-state index contributed by atoms with van der Waals surface area (Å²) >= 11 is 0. The molecule has 0 atom stereocenters. The van der Waals surface area contributed by atoms with Crippen LogP contribution in [0.4, 0.5) is 0 Å². The quantitative estimate of drug-likeness (QED) is 0.166. The van der Waals surface area contributed by atoms with Gasteiger partial charge >= 0.3 is 5.97 Å². The lowest BCUT2D eigenvalue weighted by Gasteiger charge is -2.21. The molecule has 1 heterocycles. The van der Waals surface area contributed by atoms with Crippen molar-refractivity contribution in [2.45, 2.75) is 38.6 Å². The highest BCUT2D eigenvalue weighted by atomic mass is 127. The van der Waals surface area contributed by atoms with Gasteiger partial charge < -0.3 is 19.9 Å². The van der Waals surface area contributed by atoms with Crippen LogP contribution in [0.2, 0.25) is 0 Å². The summed E-state index contributed by atoms with van der Waals surface area (Å²) in [5.41, 5.74) is 2.14. The van der Waals surface area contributed by atoms with Crippen LogP contribution in [0.5, 0.6) is 0 Å². The highest BCUT2D eigenvalue weighted by molar-refractivity contribution is 14.0. The van der Waals surface area contributed by atoms with Gasteiger partial charge in [-0.2, -0.15) is 0 Å². The number of imidazole rings is 1. The summed E-state index contributed by atoms with van der Waals surface area (Å²) in [4.78, 5) is 25.3. The monoisotopic (exact) mass is 513 g/mol. The lowest BCUT2D eigenvalue weighted by atomic mass is 10.1. The van der Waals surface area contributed by atoms with Gasteiger partial charge in [-0.3, -0.25) is 9.79 Å². The first kappa shape index (κ1) is 24.9. The van der Waals surface area contributed by atoms with Gasteiger partial charge in [-0.05, 0) is 18.4 Å². The van der Waals surface area contributed by atoms with Crippen LogP contribution in [0.1, 0.15) is 37.9 Å². The summed E-state index contributed by atoms with van der Waals surface area (Å²) in [6, 6.07) is 10.2. The van der Waals surface area contributed by atoms with Crippen molar-refractivity contribution in [3.8, 4) is 11.3 Å². The second-order valence-corrected chi connectivity index (χ2v) is 6.68. The number of methoxy groups -OCH3 is 1. The van der Waals surface area contributed by atoms with Crippen LogP contribution in [-0.4, -0.2) is 54.5 Å². The number of hydrogen-bond acceptors (Lipinski definition) is 4. The molecule has 0 saturated carbocycles. The maximum Gasteiger partial charge on any atom is 0.305 e. The Morgan fingerprint density at radius 3 is 2.62 bits per heavy atom. The van der Waals surface area contributed by atoms with Crippen LogP contribution in [-0.2, 0) is 16.1 Å². The van der Waals surface area contributed by atoms with E-state index in [9.17, 15) is 4.79 Å². The molecule has 2 aromatic rings. The first-order chi connectivity index (χ1) is 13.6. The smallest absolute Gasteiger partial charge is 0.305 e. The number of carbonyl (C=O) groups excluding carboxylic acids is 1. The maximum absolute atomic E-state index is 11.1. The molecule has 0 aliphatic heterocycles. The highest BCUT2D eigenvalue weighted by Gasteiger charge is 2.09. The SMILES string of the molecule is CN=C(NCCCCCCC(=O)OC)N(C)Cc1ncc(-c2ccccc2)[nH]1.I. The summed E-state index contributed by atoms with van der Waals surface area (Å²) in [7, 11) is 5.21. The zero-order valence-corrected chi connectivity index (χ0v) is 19.8. The molecular weight excluding hydrogens is 481 g/mol. The molecule has 0 aliphatic rings. The lowest BCUT2D eigenvalue weighted by Crippen LogP contribution is -2.39. The van der Waals surface area contributed by atoms with E-state index < -0.39 is 0 Å². The van der Waals surface area contributed by atoms with E-state index >= 15 is 0 Å². The number of hydrogen-bond donors (Lipinski definition) is 2. The average molecular weight is 513 g/mol. The van der Waals surface area contributed by atoms with Gasteiger partial charge in [0, 0.05) is 27.1 Å². The van der Waals surface area contributed by atoms with Crippen LogP contribution in [0, 0.1) is 0 Å². The maximum atomic E-state index is 11.1. The Morgan fingerprint density at radius 1 is 1.21 bits per heavy atom. The van der Waals surface area contributed by atoms with Gasteiger partial charge in [0.05, 0.1) is 25.5 Å². The van der Waals surface area contributed by atoms with E-state index in [2.05, 4.69) is 37.1 Å². The Hall–Kier alpha value is -2.10. The molecule has 1 aromatic heterocycles. The zero-order valence-electron chi connectivity index (χ0n) is 17.5. The molecular formula is C21H32IN5O2. The molecule has 2 N–H and O–H groups in total. The number of nitrogens with one attached hydrogen (secondary N) is 2. The number of aromatic amines is 1. The summed E-state index contributed by atoms with van der Waals surface area (Å²) in [6.07, 6.45) is 6.38. The third-order valence-corrected chi connectivity index (χ3v) is 4.49. The van der Waals surface area contributed by atoms with E-state index in [1.165, 1.54) is 7.11 Å². The molecule has 0 bridgehead atoms. The number of unbranched alkanes of at least 4 members (excludes halogenated alkanes) is 3. The van der Waals surface area contributed by atoms with E-state index in [1.807, 2.05) is 36.3 Å². The van der Waals surface area contributed by atoms with Gasteiger partial charge in [0.2, 0.25) is 0 Å². The second-order valence-electron chi connectivity index (χ2n) is 6.68. The van der Waals surface area contributed by atoms with Crippen molar-refractivity contribution >= 4 is 35.9 Å². The van der Waals surface area contributed by atoms with Crippen molar-refractivity contribution in [3.05, 3.63) is 42.4 Å². The minimum Gasteiger partial charge on any atom is -0.469 e. The van der Waals surface area contributed by atoms with Crippen molar-refractivity contribution in [1.29, 1.82) is 0 Å². The third kappa shape index (κ3) is 8.84. The molecule has 160 valence electrons. The minimum absolute atomic E-state index is 0. The van der Waals surface area contributed by atoms with Gasteiger partial charge in [-0.15, -0.1) is 24.0 Å². The van der Waals surface area contributed by atoms with Gasteiger partial charge in [-0.25, -0.2) is 4.98 Å². The van der Waals surface area contributed by atoms with Gasteiger partial charge in [0.15, 0.2) is 5.96 Å². The average Bonchev–Trinajstić information content (AvgIpc) is 3.18. The van der Waals surface area contributed by atoms with E-state index in [0.717, 1.165) is 55.3 Å². The number of halogens is 1. The van der Waals surface area contributed by atoms with E-state index in [0.29, 0.717) is 13.0 Å². The molecule has 0 aliphatic carbocycles. The largest absolute Gasteiger partial charge is 0.469 e. The molecule has 2 rings (SSSR count). The Kier molecular flexibility index (Phi) is 12.0. The Labute approximate surface area is 190 Å². The third-order valence-electron chi connectivity index (χ3n) is 4.49. The van der Waals surface area contributed by atoms with Crippen LogP contribution in [0.25, 0.3) is 11.3 Å². The standard InChI is InChI=1S/C21H31N5O2.HI/c1-22-21(23-14-10-5-4-9-13-20(27)28-3)26(2)16-19-24-15-18(25-19)17-11-7-6-8-12-17;/h6-8,11-12,15H,4-5,9-10,13-14,16H2,1-3H3,(H,22,23)(H,24,25);1H. The lowest BCUT2D eigenvalue weighted by molar-refractivity contribution is -0.140. The second kappa shape index (κ2) is 14.0. The van der Waals surface area contributed by atoms with Crippen molar-refractivity contribution in [2.24, 2.45) is 4.99 Å². The molecule has 0 spiro atoms. The highest BCUT2D eigenvalue weighted by Crippen LogP contribution is 2.16. The number of nitrogens with zero attached hydrogens (tertiary/aromatic N) is 3. The Morgan fingerprint density at radius 2 is 1.93 bits per heavy atom. The predicted molar refractivity (Wildman–Crippen MR) is 127 cm³/mol. The number of aromatic nitrogens is 2. The molecule has 0 fully saturated rings. The Bertz CT molecular complexity index is 749. The zero-order chi connectivity index (χ0) is 20.2. The van der Waals surface area contributed by atoms with Gasteiger partial charge in [-0.1, -0.05) is 43.2 Å². The normalized spacial score (nSPS) is 10.9. The Balaban J connectivity index is 0.00000420. The summed E-state index contributed by atoms with van der Waals surface area (Å²) < 4.78 is 4.65. The number of rotatable bonds is 10. The molecule has 0 saturated heterocycles. The topological polar surface area (TPSA) is 82.6 Å². The van der Waals surface area contributed by atoms with Crippen molar-refractivity contribution in [1.82, 2.24) is 20.2 Å². The number of aliphatic imine (C=N–C) groups is 1. The van der Waals surface area contributed by atoms with Gasteiger partial charge in [0.25, 0.3) is 0 Å². The first-order valence-corrected chi connectivity index (χ1v) is 9.72. The summed E-state index contributed by atoms with van der Waals surface area (Å²) in [5.74, 6) is 1.60. The number of carbonyl (C=O) groups is 1. The minimum atomic E-state index is -0.131. The number of benzene rings is 1. The van der Waals surface area contributed by atoms with Crippen molar-refractivity contribution in [2.75, 3.05) is 27.7 Å². The van der Waals surface area contributed by atoms with Crippen molar-refractivity contribution < 1.29 is 9.53 Å². The van der Waals surface area contributed by atoms with Gasteiger partial charge in [0.1, 0.15) is 5.82 Å². The number of guanidine groups is 1. The summed E-state index contributed by atoms with van der Waals surface area (Å²) in [6.45, 7) is 1.49. The number of esters is 1. The molecule has 0 amide bonds. The summed E-state index contributed by atoms with van der Waals surface area (Å²) in [5, 5.41) is 3.38. The van der Waals surface area contributed by atoms with Crippen molar-refractivity contribution in [3.63, 3.8) is 0 Å². The van der Waals surface area contributed by atoms with Crippen LogP contribution in [0.3, 0.4) is 0 Å². The molecule has 29 heavy (non-hydrogen) atoms. The molecule has 0 radical (unpaired) electrons. The van der Waals surface area contributed by atoms with E-state index in [4.69, 9.17) is 0 Å².